The molecule has 4 nitrogen and oxygen atoms in total. The van der Waals surface area contributed by atoms with Crippen LogP contribution in [0, 0.1) is 5.82 Å². The number of benzene rings is 1. The summed E-state index contributed by atoms with van der Waals surface area (Å²) in [5.41, 5.74) is 6.23. The molecule has 0 aliphatic heterocycles. The van der Waals surface area contributed by atoms with Gasteiger partial charge in [0.1, 0.15) is 11.5 Å². The molecule has 0 saturated heterocycles. The van der Waals surface area contributed by atoms with Gasteiger partial charge in [-0.1, -0.05) is 18.2 Å². The Morgan fingerprint density at radius 2 is 2.22 bits per heavy atom. The fraction of sp³-hybridized carbons (Fsp3) is 0.167. The van der Waals surface area contributed by atoms with Gasteiger partial charge in [-0.05, 0) is 6.07 Å². The molecule has 2 rings (SSSR count). The minimum absolute atomic E-state index is 0.197. The second-order valence-electron chi connectivity index (χ2n) is 3.82. The van der Waals surface area contributed by atoms with E-state index in [0.717, 1.165) is 0 Å². The number of nitrogens with two attached hydrogens (primary N) is 1. The molecular formula is C12H12FN3OS. The molecule has 94 valence electrons. The van der Waals surface area contributed by atoms with Gasteiger partial charge >= 0.3 is 0 Å². The molecule has 0 atom stereocenters. The van der Waals surface area contributed by atoms with Crippen LogP contribution in [0.25, 0.3) is 0 Å². The van der Waals surface area contributed by atoms with Crippen LogP contribution in [0.3, 0.4) is 0 Å². The summed E-state index contributed by atoms with van der Waals surface area (Å²) in [5.74, 6) is -0.596. The van der Waals surface area contributed by atoms with E-state index in [1.54, 1.807) is 30.6 Å². The van der Waals surface area contributed by atoms with E-state index in [-0.39, 0.29) is 24.0 Å². The van der Waals surface area contributed by atoms with Crippen LogP contribution in [-0.2, 0) is 6.54 Å². The molecule has 0 radical (unpaired) electrons. The number of nitrogens with zero attached hydrogens (tertiary/aromatic N) is 2. The van der Waals surface area contributed by atoms with Gasteiger partial charge in [0.15, 0.2) is 5.13 Å². The quantitative estimate of drug-likeness (QED) is 0.925. The van der Waals surface area contributed by atoms with Gasteiger partial charge in [0, 0.05) is 24.5 Å². The van der Waals surface area contributed by atoms with Crippen LogP contribution in [-0.4, -0.2) is 22.8 Å². The Morgan fingerprint density at radius 3 is 2.83 bits per heavy atom. The third kappa shape index (κ3) is 2.65. The van der Waals surface area contributed by atoms with Gasteiger partial charge in [-0.2, -0.15) is 0 Å². The highest BCUT2D eigenvalue weighted by Crippen LogP contribution is 2.15. The Labute approximate surface area is 108 Å². The van der Waals surface area contributed by atoms with Gasteiger partial charge in [-0.25, -0.2) is 9.37 Å². The van der Waals surface area contributed by atoms with E-state index >= 15 is 0 Å². The number of carbonyl (C=O) groups excluding carboxylic acids is 1. The minimum Gasteiger partial charge on any atom is -0.375 e. The lowest BCUT2D eigenvalue weighted by atomic mass is 10.2. The van der Waals surface area contributed by atoms with E-state index in [4.69, 9.17) is 5.73 Å². The second kappa shape index (κ2) is 5.14. The number of carbonyl (C=O) groups is 1. The summed E-state index contributed by atoms with van der Waals surface area (Å²) in [7, 11) is 1.60. The summed E-state index contributed by atoms with van der Waals surface area (Å²) in [6.45, 7) is 0.197. The molecule has 6 heteroatoms. The molecule has 2 N–H and O–H groups in total. The molecule has 2 aromatic rings. The third-order valence-corrected chi connectivity index (χ3v) is 3.13. The zero-order chi connectivity index (χ0) is 13.1. The maximum Gasteiger partial charge on any atom is 0.273 e. The molecule has 0 saturated carbocycles. The molecule has 0 spiro atoms. The number of amides is 1. The van der Waals surface area contributed by atoms with Crippen molar-refractivity contribution in [3.63, 3.8) is 0 Å². The van der Waals surface area contributed by atoms with Crippen LogP contribution in [0.4, 0.5) is 9.52 Å². The molecule has 0 fully saturated rings. The van der Waals surface area contributed by atoms with Crippen molar-refractivity contribution < 1.29 is 9.18 Å². The lowest BCUT2D eigenvalue weighted by Crippen LogP contribution is -2.26. The largest absolute Gasteiger partial charge is 0.375 e. The van der Waals surface area contributed by atoms with Gasteiger partial charge in [0.05, 0.1) is 0 Å². The van der Waals surface area contributed by atoms with Gasteiger partial charge in [0.2, 0.25) is 0 Å². The Bertz CT molecular complexity index is 570. The molecule has 1 aromatic carbocycles. The van der Waals surface area contributed by atoms with E-state index in [1.807, 2.05) is 0 Å². The topological polar surface area (TPSA) is 59.2 Å². The predicted molar refractivity (Wildman–Crippen MR) is 68.7 cm³/mol. The standard InChI is InChI=1S/C12H12FN3OS/c1-16(6-8-4-2-3-5-9(8)13)11(17)10-7-18-12(14)15-10/h2-5,7H,6H2,1H3,(H2,14,15). The summed E-state index contributed by atoms with van der Waals surface area (Å²) < 4.78 is 13.4. The monoisotopic (exact) mass is 265 g/mol. The Balaban J connectivity index is 2.11. The number of halogens is 1. The highest BCUT2D eigenvalue weighted by Gasteiger charge is 2.16. The molecule has 1 amide bonds. The summed E-state index contributed by atoms with van der Waals surface area (Å²) >= 11 is 1.20. The van der Waals surface area contributed by atoms with Crippen molar-refractivity contribution in [2.45, 2.75) is 6.54 Å². The van der Waals surface area contributed by atoms with E-state index in [2.05, 4.69) is 4.98 Å². The fourth-order valence-electron chi connectivity index (χ4n) is 1.54. The zero-order valence-electron chi connectivity index (χ0n) is 9.76. The first-order chi connectivity index (χ1) is 8.58. The molecule has 1 heterocycles. The molecule has 0 bridgehead atoms. The Kier molecular flexibility index (Phi) is 3.57. The van der Waals surface area contributed by atoms with Gasteiger partial charge in [-0.15, -0.1) is 11.3 Å². The van der Waals surface area contributed by atoms with Crippen molar-refractivity contribution in [2.24, 2.45) is 0 Å². The Hall–Kier alpha value is -1.95. The molecule has 1 aromatic heterocycles. The lowest BCUT2D eigenvalue weighted by molar-refractivity contribution is 0.0779. The van der Waals surface area contributed by atoms with Crippen molar-refractivity contribution in [2.75, 3.05) is 12.8 Å². The number of anilines is 1. The van der Waals surface area contributed by atoms with E-state index in [0.29, 0.717) is 10.7 Å². The molecule has 0 aliphatic rings. The van der Waals surface area contributed by atoms with Crippen LogP contribution >= 0.6 is 11.3 Å². The highest BCUT2D eigenvalue weighted by molar-refractivity contribution is 7.13. The van der Waals surface area contributed by atoms with Gasteiger partial charge in [0.25, 0.3) is 5.91 Å². The van der Waals surface area contributed by atoms with E-state index < -0.39 is 0 Å². The van der Waals surface area contributed by atoms with Crippen molar-refractivity contribution in [1.29, 1.82) is 0 Å². The normalized spacial score (nSPS) is 10.3. The SMILES string of the molecule is CN(Cc1ccccc1F)C(=O)c1csc(N)n1. The van der Waals surface area contributed by atoms with Crippen LogP contribution in [0.15, 0.2) is 29.6 Å². The number of rotatable bonds is 3. The molecular weight excluding hydrogens is 253 g/mol. The van der Waals surface area contributed by atoms with E-state index in [1.165, 1.54) is 22.3 Å². The summed E-state index contributed by atoms with van der Waals surface area (Å²) in [6, 6.07) is 6.36. The summed E-state index contributed by atoms with van der Waals surface area (Å²) in [5, 5.41) is 1.94. The third-order valence-electron chi connectivity index (χ3n) is 2.45. The zero-order valence-corrected chi connectivity index (χ0v) is 10.6. The number of thiazole rings is 1. The Morgan fingerprint density at radius 1 is 1.50 bits per heavy atom. The van der Waals surface area contributed by atoms with Crippen molar-refractivity contribution in [3.05, 3.63) is 46.7 Å². The smallest absolute Gasteiger partial charge is 0.273 e. The van der Waals surface area contributed by atoms with Crippen LogP contribution < -0.4 is 5.73 Å². The van der Waals surface area contributed by atoms with E-state index in [9.17, 15) is 9.18 Å². The van der Waals surface area contributed by atoms with Gasteiger partial charge in [-0.3, -0.25) is 4.79 Å². The first kappa shape index (κ1) is 12.5. The first-order valence-electron chi connectivity index (χ1n) is 5.28. The van der Waals surface area contributed by atoms with Crippen LogP contribution in [0.5, 0.6) is 0 Å². The van der Waals surface area contributed by atoms with Gasteiger partial charge < -0.3 is 10.6 Å². The molecule has 18 heavy (non-hydrogen) atoms. The highest BCUT2D eigenvalue weighted by atomic mass is 32.1. The fourth-order valence-corrected chi connectivity index (χ4v) is 2.07. The lowest BCUT2D eigenvalue weighted by Gasteiger charge is -2.16. The summed E-state index contributed by atoms with van der Waals surface area (Å²) in [4.78, 5) is 17.3. The van der Waals surface area contributed by atoms with Crippen LogP contribution in [0.1, 0.15) is 16.1 Å². The van der Waals surface area contributed by atoms with Crippen LogP contribution in [0.2, 0.25) is 0 Å². The van der Waals surface area contributed by atoms with Crippen molar-refractivity contribution in [3.8, 4) is 0 Å². The average Bonchev–Trinajstić information content (AvgIpc) is 2.78. The number of nitrogen functional groups attached to an aromatic ring is 1. The first-order valence-corrected chi connectivity index (χ1v) is 6.16. The predicted octanol–water partition coefficient (Wildman–Crippen LogP) is 2.14. The van der Waals surface area contributed by atoms with Crippen molar-refractivity contribution in [1.82, 2.24) is 9.88 Å². The number of aromatic nitrogens is 1. The maximum absolute atomic E-state index is 13.4. The average molecular weight is 265 g/mol. The summed E-state index contributed by atoms with van der Waals surface area (Å²) in [6.07, 6.45) is 0. The second-order valence-corrected chi connectivity index (χ2v) is 4.71. The molecule has 0 aliphatic carbocycles. The maximum atomic E-state index is 13.4. The van der Waals surface area contributed by atoms with Crippen molar-refractivity contribution >= 4 is 22.4 Å². The number of hydrogen-bond acceptors (Lipinski definition) is 4. The molecule has 0 unspecified atom stereocenters. The number of hydrogen-bond donors (Lipinski definition) is 1. The minimum atomic E-state index is -0.324.